The summed E-state index contributed by atoms with van der Waals surface area (Å²) >= 11 is 0. The van der Waals surface area contributed by atoms with E-state index in [1.807, 2.05) is 29.4 Å². The van der Waals surface area contributed by atoms with Gasteiger partial charge in [0.25, 0.3) is 17.6 Å². The summed E-state index contributed by atoms with van der Waals surface area (Å²) in [5.74, 6) is 1.75. The molecular weight excluding hydrogens is 422 g/mol. The molecule has 5 rings (SSSR count). The number of amides is 1. The average Bonchev–Trinajstić information content (AvgIpc) is 3.34. The predicted octanol–water partition coefficient (Wildman–Crippen LogP) is -0.671. The molecule has 2 fully saturated rings. The molecule has 1 aromatic carbocycles. The minimum absolute atomic E-state index is 0.484. The lowest BCUT2D eigenvalue weighted by molar-refractivity contribution is -0.120. The molecule has 4 aliphatic rings. The number of methoxy groups -OCH3 is 1. The van der Waals surface area contributed by atoms with Crippen molar-refractivity contribution in [2.45, 2.75) is 6.04 Å². The van der Waals surface area contributed by atoms with Crippen LogP contribution in [0.5, 0.6) is 5.75 Å². The monoisotopic (exact) mass is 453 g/mol. The smallest absolute Gasteiger partial charge is 0.299 e. The van der Waals surface area contributed by atoms with Crippen molar-refractivity contribution in [2.75, 3.05) is 69.8 Å². The van der Waals surface area contributed by atoms with Gasteiger partial charge < -0.3 is 30.9 Å². The Labute approximate surface area is 193 Å². The van der Waals surface area contributed by atoms with Crippen LogP contribution in [0.1, 0.15) is 0 Å². The Hall–Kier alpha value is -3.28. The number of hydrogen-bond donors (Lipinski definition) is 4. The topological polar surface area (TPSA) is 116 Å². The van der Waals surface area contributed by atoms with Crippen molar-refractivity contribution in [3.05, 3.63) is 42.6 Å². The van der Waals surface area contributed by atoms with E-state index in [2.05, 4.69) is 36.9 Å². The van der Waals surface area contributed by atoms with Gasteiger partial charge in [-0.2, -0.15) is 4.99 Å². The number of carbonyl (C=O) groups is 1. The maximum atomic E-state index is 12.5. The van der Waals surface area contributed by atoms with Crippen molar-refractivity contribution in [3.8, 4) is 5.75 Å². The number of anilines is 2. The summed E-state index contributed by atoms with van der Waals surface area (Å²) in [5.41, 5.74) is 11.1. The van der Waals surface area contributed by atoms with Crippen molar-refractivity contribution in [2.24, 2.45) is 10.7 Å². The molecule has 4 aliphatic heterocycles. The highest BCUT2D eigenvalue weighted by Gasteiger charge is 2.49. The lowest BCUT2D eigenvalue weighted by Crippen LogP contribution is -2.61. The van der Waals surface area contributed by atoms with Gasteiger partial charge in [-0.05, 0) is 17.0 Å². The molecule has 1 atom stereocenters. The number of aliphatic imine (C=N–C) groups is 1. The van der Waals surface area contributed by atoms with Crippen molar-refractivity contribution in [1.82, 2.24) is 25.4 Å². The number of hydrogen-bond acceptors (Lipinski definition) is 10. The zero-order chi connectivity index (χ0) is 22.8. The van der Waals surface area contributed by atoms with Gasteiger partial charge >= 0.3 is 0 Å². The highest BCUT2D eigenvalue weighted by atomic mass is 16.5. The molecule has 1 radical (unpaired) electrons. The third kappa shape index (κ3) is 4.22. The summed E-state index contributed by atoms with van der Waals surface area (Å²) in [7, 11) is 1.65. The number of nitrogens with one attached hydrogen (secondary N) is 3. The van der Waals surface area contributed by atoms with Gasteiger partial charge in [0, 0.05) is 64.1 Å². The highest BCUT2D eigenvalue weighted by molar-refractivity contribution is 6.10. The summed E-state index contributed by atoms with van der Waals surface area (Å²) in [6.45, 7) is 7.34. The average molecular weight is 454 g/mol. The molecule has 2 saturated heterocycles. The van der Waals surface area contributed by atoms with Crippen molar-refractivity contribution in [1.29, 1.82) is 0 Å². The quantitative estimate of drug-likeness (QED) is 0.419. The first kappa shape index (κ1) is 21.6. The molecule has 0 bridgehead atoms. The van der Waals surface area contributed by atoms with Gasteiger partial charge in [-0.3, -0.25) is 15.2 Å². The first-order valence-corrected chi connectivity index (χ1v) is 11.3. The van der Waals surface area contributed by atoms with E-state index >= 15 is 0 Å². The molecule has 1 aromatic rings. The number of rotatable bonds is 6. The van der Waals surface area contributed by atoms with Crippen LogP contribution in [0.25, 0.3) is 0 Å². The Kier molecular flexibility index (Phi) is 6.07. The number of benzene rings is 1. The van der Waals surface area contributed by atoms with Crippen molar-refractivity contribution in [3.63, 3.8) is 0 Å². The van der Waals surface area contributed by atoms with E-state index < -0.39 is 11.9 Å². The molecule has 0 aliphatic carbocycles. The zero-order valence-electron chi connectivity index (χ0n) is 18.8. The Morgan fingerprint density at radius 2 is 1.85 bits per heavy atom. The molecule has 4 heterocycles. The van der Waals surface area contributed by atoms with Crippen LogP contribution in [0.4, 0.5) is 11.4 Å². The van der Waals surface area contributed by atoms with Crippen LogP contribution in [0.3, 0.4) is 0 Å². The SMILES string of the molecule is COc1cc(N2CCNCC2)ccc1NN1C=C(N2CCNCC2)[N+]2C=CN=C2C1C(N)=O. The number of carbonyl (C=O) groups excluding carboxylic acids is 1. The van der Waals surface area contributed by atoms with E-state index in [-0.39, 0.29) is 0 Å². The second-order valence-electron chi connectivity index (χ2n) is 8.33. The second kappa shape index (κ2) is 9.30. The summed E-state index contributed by atoms with van der Waals surface area (Å²) in [4.78, 5) is 23.5. The molecule has 0 spiro atoms. The van der Waals surface area contributed by atoms with E-state index in [0.717, 1.165) is 69.6 Å². The normalized spacial score (nSPS) is 23.2. The van der Waals surface area contributed by atoms with E-state index in [1.54, 1.807) is 18.3 Å². The van der Waals surface area contributed by atoms with Gasteiger partial charge in [-0.15, -0.1) is 0 Å². The number of ether oxygens (including phenoxy) is 1. The van der Waals surface area contributed by atoms with Gasteiger partial charge in [0.2, 0.25) is 6.04 Å². The maximum absolute atomic E-state index is 12.5. The van der Waals surface area contributed by atoms with Crippen LogP contribution in [-0.4, -0.2) is 87.2 Å². The molecule has 11 heteroatoms. The van der Waals surface area contributed by atoms with E-state index in [1.165, 1.54) is 0 Å². The van der Waals surface area contributed by atoms with Crippen LogP contribution in [-0.2, 0) is 4.79 Å². The summed E-state index contributed by atoms with van der Waals surface area (Å²) in [6.07, 6.45) is 5.51. The standard InChI is InChI=1S/C22H31N9O2/c1-33-18-14-16(28-9-4-24-5-10-28)2-3-17(18)27-31-15-19(29-11-6-25-7-12-29)30-13-8-26-22(30)20(31)21(23)32/h2-3,8,13-15,20,24-25,27H,4-7,9-12H2,1H3,(H2,23,32)/q+1. The van der Waals surface area contributed by atoms with Gasteiger partial charge in [-0.25, -0.2) is 0 Å². The highest BCUT2D eigenvalue weighted by Crippen LogP contribution is 2.32. The van der Waals surface area contributed by atoms with Gasteiger partial charge in [-0.1, -0.05) is 0 Å². The molecular formula is C22H31N9O2+. The molecule has 175 valence electrons. The largest absolute Gasteiger partial charge is 0.494 e. The van der Waals surface area contributed by atoms with Gasteiger partial charge in [0.1, 0.15) is 11.9 Å². The van der Waals surface area contributed by atoms with Crippen molar-refractivity contribution >= 4 is 23.1 Å². The fourth-order valence-corrected chi connectivity index (χ4v) is 4.62. The Morgan fingerprint density at radius 1 is 1.15 bits per heavy atom. The molecule has 0 saturated carbocycles. The molecule has 5 N–H and O–H groups in total. The van der Waals surface area contributed by atoms with Crippen LogP contribution in [0.2, 0.25) is 0 Å². The summed E-state index contributed by atoms with van der Waals surface area (Å²) in [6, 6.07) is 5.32. The zero-order valence-corrected chi connectivity index (χ0v) is 18.8. The maximum Gasteiger partial charge on any atom is 0.299 e. The van der Waals surface area contributed by atoms with E-state index in [9.17, 15) is 4.79 Å². The van der Waals surface area contributed by atoms with Crippen LogP contribution < -0.4 is 36.3 Å². The number of primary amides is 1. The Balaban J connectivity index is 1.46. The van der Waals surface area contributed by atoms with E-state index in [0.29, 0.717) is 11.6 Å². The third-order valence-electron chi connectivity index (χ3n) is 6.32. The van der Waals surface area contributed by atoms with Gasteiger partial charge in [0.05, 0.1) is 19.0 Å². The fraction of sp³-hybridized carbons (Fsp3) is 0.455. The number of nitrogens with two attached hydrogens (primary N) is 1. The van der Waals surface area contributed by atoms with Crippen LogP contribution in [0.15, 0.2) is 47.6 Å². The fourth-order valence-electron chi connectivity index (χ4n) is 4.62. The van der Waals surface area contributed by atoms with Crippen molar-refractivity contribution < 1.29 is 9.53 Å². The number of fused-ring (bicyclic) bond motifs is 1. The third-order valence-corrected chi connectivity index (χ3v) is 6.32. The number of hydrazine groups is 1. The van der Waals surface area contributed by atoms with Crippen LogP contribution in [0, 0.1) is 0 Å². The molecule has 1 unspecified atom stereocenters. The van der Waals surface area contributed by atoms with Gasteiger partial charge in [0.15, 0.2) is 6.20 Å². The number of amidine groups is 1. The lowest BCUT2D eigenvalue weighted by atomic mass is 10.1. The second-order valence-corrected chi connectivity index (χ2v) is 8.33. The molecule has 0 aromatic heterocycles. The summed E-state index contributed by atoms with van der Waals surface area (Å²) in [5, 5.41) is 8.49. The first-order chi connectivity index (χ1) is 16.2. The Bertz CT molecular complexity index is 980. The Morgan fingerprint density at radius 3 is 2.52 bits per heavy atom. The minimum atomic E-state index is -0.760. The molecule has 11 nitrogen and oxygen atoms in total. The predicted molar refractivity (Wildman–Crippen MR) is 128 cm³/mol. The van der Waals surface area contributed by atoms with E-state index in [4.69, 9.17) is 10.5 Å². The number of nitrogens with zero attached hydrogens (tertiary/aromatic N) is 5. The first-order valence-electron chi connectivity index (χ1n) is 11.3. The lowest BCUT2D eigenvalue weighted by Gasteiger charge is -2.37. The number of piperazine rings is 2. The summed E-state index contributed by atoms with van der Waals surface area (Å²) < 4.78 is 5.70. The minimum Gasteiger partial charge on any atom is -0.494 e. The molecule has 33 heavy (non-hydrogen) atoms. The van der Waals surface area contributed by atoms with Crippen LogP contribution >= 0.6 is 0 Å². The molecule has 1 amide bonds.